The van der Waals surface area contributed by atoms with Gasteiger partial charge in [-0.2, -0.15) is 10.2 Å². The SMILES string of the molecule is COC(=O)c1ccn(COc2ccccc2C=NNc2nc(-c3ccccc3)cs2)n1. The molecule has 0 amide bonds. The van der Waals surface area contributed by atoms with Crippen LogP contribution in [-0.4, -0.2) is 34.1 Å². The van der Waals surface area contributed by atoms with Crippen LogP contribution in [0.5, 0.6) is 5.75 Å². The predicted octanol–water partition coefficient (Wildman–Crippen LogP) is 4.28. The summed E-state index contributed by atoms with van der Waals surface area (Å²) in [5.74, 6) is 0.141. The van der Waals surface area contributed by atoms with Gasteiger partial charge in [0.25, 0.3) is 0 Å². The Bertz CT molecular complexity index is 1190. The molecule has 0 fully saturated rings. The molecule has 1 N–H and O–H groups in total. The number of benzene rings is 2. The summed E-state index contributed by atoms with van der Waals surface area (Å²) in [6.07, 6.45) is 3.32. The van der Waals surface area contributed by atoms with Crippen molar-refractivity contribution in [1.82, 2.24) is 14.8 Å². The molecule has 2 aromatic carbocycles. The average Bonchev–Trinajstić information content (AvgIpc) is 3.48. The summed E-state index contributed by atoms with van der Waals surface area (Å²) in [4.78, 5) is 16.1. The molecular formula is C22H19N5O3S. The van der Waals surface area contributed by atoms with Crippen molar-refractivity contribution in [3.05, 3.63) is 83.5 Å². The molecule has 2 aromatic heterocycles. The van der Waals surface area contributed by atoms with Gasteiger partial charge in [0, 0.05) is 22.7 Å². The standard InChI is InChI=1S/C22H19N5O3S/c1-29-21(28)18-11-12-27(26-18)15-30-20-10-6-5-9-17(20)13-23-25-22-24-19(14-31-22)16-7-3-2-4-8-16/h2-14H,15H2,1H3,(H,24,25). The Balaban J connectivity index is 1.38. The molecule has 4 aromatic rings. The zero-order valence-corrected chi connectivity index (χ0v) is 17.5. The van der Waals surface area contributed by atoms with Gasteiger partial charge >= 0.3 is 5.97 Å². The smallest absolute Gasteiger partial charge is 0.358 e. The van der Waals surface area contributed by atoms with Crippen molar-refractivity contribution in [1.29, 1.82) is 0 Å². The number of carbonyl (C=O) groups excluding carboxylic acids is 1. The van der Waals surface area contributed by atoms with Gasteiger partial charge in [-0.25, -0.2) is 14.5 Å². The quantitative estimate of drug-likeness (QED) is 0.253. The third-order valence-electron chi connectivity index (χ3n) is 4.24. The summed E-state index contributed by atoms with van der Waals surface area (Å²) in [7, 11) is 1.32. The number of para-hydroxylation sites is 1. The molecule has 0 saturated heterocycles. The van der Waals surface area contributed by atoms with Gasteiger partial charge in [0.1, 0.15) is 5.75 Å². The number of rotatable bonds is 8. The molecule has 0 spiro atoms. The van der Waals surface area contributed by atoms with E-state index in [2.05, 4.69) is 25.3 Å². The summed E-state index contributed by atoms with van der Waals surface area (Å²) >= 11 is 1.48. The number of anilines is 1. The second-order valence-electron chi connectivity index (χ2n) is 6.32. The van der Waals surface area contributed by atoms with Crippen molar-refractivity contribution in [2.24, 2.45) is 5.10 Å². The molecule has 0 atom stereocenters. The second kappa shape index (κ2) is 9.68. The number of methoxy groups -OCH3 is 1. The molecule has 4 rings (SSSR count). The number of esters is 1. The van der Waals surface area contributed by atoms with Crippen molar-refractivity contribution in [2.75, 3.05) is 12.5 Å². The molecule has 156 valence electrons. The highest BCUT2D eigenvalue weighted by Crippen LogP contribution is 2.24. The number of carbonyl (C=O) groups is 1. The number of nitrogens with zero attached hydrogens (tertiary/aromatic N) is 4. The topological polar surface area (TPSA) is 90.6 Å². The van der Waals surface area contributed by atoms with Crippen LogP contribution in [0.3, 0.4) is 0 Å². The molecular weight excluding hydrogens is 414 g/mol. The third-order valence-corrected chi connectivity index (χ3v) is 4.99. The Labute approximate surface area is 182 Å². The Hall–Kier alpha value is -3.98. The molecule has 0 aliphatic carbocycles. The van der Waals surface area contributed by atoms with Crippen LogP contribution >= 0.6 is 11.3 Å². The second-order valence-corrected chi connectivity index (χ2v) is 7.18. The molecule has 0 bridgehead atoms. The Morgan fingerprint density at radius 3 is 2.81 bits per heavy atom. The van der Waals surface area contributed by atoms with Gasteiger partial charge in [0.05, 0.1) is 19.0 Å². The monoisotopic (exact) mass is 433 g/mol. The first-order valence-electron chi connectivity index (χ1n) is 9.36. The molecule has 0 saturated carbocycles. The lowest BCUT2D eigenvalue weighted by Crippen LogP contribution is -2.09. The molecule has 0 unspecified atom stereocenters. The van der Waals surface area contributed by atoms with Gasteiger partial charge in [0.15, 0.2) is 12.4 Å². The summed E-state index contributed by atoms with van der Waals surface area (Å²) in [6, 6.07) is 19.0. The predicted molar refractivity (Wildman–Crippen MR) is 119 cm³/mol. The van der Waals surface area contributed by atoms with E-state index in [1.807, 2.05) is 60.0 Å². The van der Waals surface area contributed by atoms with Gasteiger partial charge in [-0.05, 0) is 18.2 Å². The fourth-order valence-corrected chi connectivity index (χ4v) is 3.39. The van der Waals surface area contributed by atoms with Gasteiger partial charge < -0.3 is 9.47 Å². The molecule has 0 aliphatic rings. The molecule has 8 nitrogen and oxygen atoms in total. The largest absolute Gasteiger partial charge is 0.471 e. The van der Waals surface area contributed by atoms with Crippen LogP contribution < -0.4 is 10.2 Å². The summed E-state index contributed by atoms with van der Waals surface area (Å²) in [5.41, 5.74) is 5.93. The molecule has 0 aliphatic heterocycles. The average molecular weight is 433 g/mol. The Morgan fingerprint density at radius 2 is 1.97 bits per heavy atom. The Kier molecular flexibility index (Phi) is 6.34. The number of thiazole rings is 1. The minimum Gasteiger partial charge on any atom is -0.471 e. The van der Waals surface area contributed by atoms with Crippen molar-refractivity contribution in [3.8, 4) is 17.0 Å². The Morgan fingerprint density at radius 1 is 1.16 bits per heavy atom. The van der Waals surface area contributed by atoms with E-state index in [0.717, 1.165) is 16.8 Å². The maximum absolute atomic E-state index is 11.5. The lowest BCUT2D eigenvalue weighted by molar-refractivity contribution is 0.0592. The van der Waals surface area contributed by atoms with E-state index in [-0.39, 0.29) is 12.4 Å². The van der Waals surface area contributed by atoms with Crippen molar-refractivity contribution >= 4 is 28.7 Å². The van der Waals surface area contributed by atoms with Gasteiger partial charge in [-0.1, -0.05) is 42.5 Å². The maximum atomic E-state index is 11.5. The maximum Gasteiger partial charge on any atom is 0.358 e. The molecule has 2 heterocycles. The fourth-order valence-electron chi connectivity index (χ4n) is 2.72. The molecule has 0 radical (unpaired) electrons. The zero-order chi connectivity index (χ0) is 21.5. The van der Waals surface area contributed by atoms with Crippen LogP contribution in [0.25, 0.3) is 11.3 Å². The lowest BCUT2D eigenvalue weighted by Gasteiger charge is -2.08. The van der Waals surface area contributed by atoms with E-state index in [4.69, 9.17) is 4.74 Å². The van der Waals surface area contributed by atoms with E-state index >= 15 is 0 Å². The number of ether oxygens (including phenoxy) is 2. The number of hydrogen-bond acceptors (Lipinski definition) is 8. The van der Waals surface area contributed by atoms with Gasteiger partial charge in [0.2, 0.25) is 5.13 Å². The first-order chi connectivity index (χ1) is 15.2. The summed E-state index contributed by atoms with van der Waals surface area (Å²) in [6.45, 7) is 0.141. The minimum atomic E-state index is -0.491. The van der Waals surface area contributed by atoms with Crippen molar-refractivity contribution in [3.63, 3.8) is 0 Å². The van der Waals surface area contributed by atoms with E-state index in [1.54, 1.807) is 18.5 Å². The van der Waals surface area contributed by atoms with E-state index in [9.17, 15) is 4.79 Å². The van der Waals surface area contributed by atoms with E-state index in [0.29, 0.717) is 10.9 Å². The third kappa shape index (κ3) is 5.14. The normalized spacial score (nSPS) is 10.9. The van der Waals surface area contributed by atoms with Crippen LogP contribution in [-0.2, 0) is 11.5 Å². The number of hydrazone groups is 1. The fraction of sp³-hybridized carbons (Fsp3) is 0.0909. The van der Waals surface area contributed by atoms with Crippen LogP contribution in [0.1, 0.15) is 16.1 Å². The summed E-state index contributed by atoms with van der Waals surface area (Å²) < 4.78 is 12.0. The zero-order valence-electron chi connectivity index (χ0n) is 16.6. The van der Waals surface area contributed by atoms with E-state index < -0.39 is 5.97 Å². The van der Waals surface area contributed by atoms with Gasteiger partial charge in [-0.3, -0.25) is 5.43 Å². The van der Waals surface area contributed by atoms with Crippen molar-refractivity contribution in [2.45, 2.75) is 6.73 Å². The highest BCUT2D eigenvalue weighted by Gasteiger charge is 2.09. The first kappa shape index (κ1) is 20.3. The molecule has 9 heteroatoms. The highest BCUT2D eigenvalue weighted by molar-refractivity contribution is 7.14. The van der Waals surface area contributed by atoms with Gasteiger partial charge in [-0.15, -0.1) is 11.3 Å². The highest BCUT2D eigenvalue weighted by atomic mass is 32.1. The minimum absolute atomic E-state index is 0.141. The van der Waals surface area contributed by atoms with E-state index in [1.165, 1.54) is 23.1 Å². The summed E-state index contributed by atoms with van der Waals surface area (Å²) in [5, 5.41) is 11.1. The van der Waals surface area contributed by atoms with Crippen molar-refractivity contribution < 1.29 is 14.3 Å². The number of nitrogens with one attached hydrogen (secondary N) is 1. The number of aromatic nitrogens is 3. The molecule has 31 heavy (non-hydrogen) atoms. The first-order valence-corrected chi connectivity index (χ1v) is 10.2. The van der Waals surface area contributed by atoms with Crippen LogP contribution in [0.4, 0.5) is 5.13 Å². The van der Waals surface area contributed by atoms with Crippen LogP contribution in [0, 0.1) is 0 Å². The van der Waals surface area contributed by atoms with Crippen LogP contribution in [0.2, 0.25) is 0 Å². The number of hydrogen-bond donors (Lipinski definition) is 1. The lowest BCUT2D eigenvalue weighted by atomic mass is 10.2. The van der Waals surface area contributed by atoms with Crippen LogP contribution in [0.15, 0.2) is 77.3 Å².